The molecule has 0 radical (unpaired) electrons. The molecule has 3 nitrogen and oxygen atoms in total. The van der Waals surface area contributed by atoms with E-state index in [0.29, 0.717) is 0 Å². The van der Waals surface area contributed by atoms with E-state index in [4.69, 9.17) is 0 Å². The topological polar surface area (TPSA) is 35.5 Å². The fourth-order valence-electron chi connectivity index (χ4n) is 0.581. The van der Waals surface area contributed by atoms with E-state index in [1.807, 2.05) is 0 Å². The Bertz CT molecular complexity index is 324. The molecule has 0 spiro atoms. The first-order chi connectivity index (χ1) is 7.69. The van der Waals surface area contributed by atoms with Crippen LogP contribution < -0.4 is 0 Å². The van der Waals surface area contributed by atoms with E-state index in [1.165, 1.54) is 0 Å². The van der Waals surface area contributed by atoms with Crippen LogP contribution in [0.25, 0.3) is 0 Å². The van der Waals surface area contributed by atoms with Crippen LogP contribution in [0.5, 0.6) is 0 Å². The number of rotatable bonds is 4. The summed E-state index contributed by atoms with van der Waals surface area (Å²) in [5, 5.41) is 0. The molecule has 0 saturated heterocycles. The third-order valence-corrected chi connectivity index (χ3v) is 1.87. The second-order valence-corrected chi connectivity index (χ2v) is 3.70. The highest BCUT2D eigenvalue weighted by molar-refractivity contribution is 9.10. The van der Waals surface area contributed by atoms with Crippen LogP contribution in [-0.2, 0) is 14.3 Å². The number of halogens is 9. The summed E-state index contributed by atoms with van der Waals surface area (Å²) in [5.74, 6) is -8.69. The van der Waals surface area contributed by atoms with Gasteiger partial charge in [-0.1, -0.05) is 0 Å². The lowest BCUT2D eigenvalue weighted by Crippen LogP contribution is -2.57. The fraction of sp³-hybridized carbons (Fsp3) is 0.833. The number of hydrogen-bond donors (Lipinski definition) is 0. The maximum atomic E-state index is 13.1. The second kappa shape index (κ2) is 4.79. The van der Waals surface area contributed by atoms with Crippen LogP contribution in [0.2, 0.25) is 0 Å². The molecule has 12 heteroatoms. The molecule has 0 aromatic carbocycles. The molecule has 0 aliphatic rings. The van der Waals surface area contributed by atoms with Crippen LogP contribution in [0, 0.1) is 0 Å². The number of methoxy groups -OCH3 is 1. The summed E-state index contributed by atoms with van der Waals surface area (Å²) in [6.45, 7) is 0. The highest BCUT2D eigenvalue weighted by Gasteiger charge is 2.72. The molecule has 18 heavy (non-hydrogen) atoms. The lowest BCUT2D eigenvalue weighted by Gasteiger charge is -2.30. The van der Waals surface area contributed by atoms with Crippen LogP contribution in [0.1, 0.15) is 0 Å². The van der Waals surface area contributed by atoms with E-state index < -0.39 is 28.9 Å². The Labute approximate surface area is 102 Å². The number of alkyl halides is 9. The Balaban J connectivity index is 5.49. The van der Waals surface area contributed by atoms with Gasteiger partial charge >= 0.3 is 28.9 Å². The number of esters is 1. The minimum absolute atomic E-state index is 0.218. The molecule has 0 heterocycles. The van der Waals surface area contributed by atoms with Crippen LogP contribution in [-0.4, -0.2) is 36.1 Å². The molecular formula is C6H3BrF8O3. The predicted octanol–water partition coefficient (Wildman–Crippen LogP) is 2.98. The molecule has 0 N–H and O–H groups in total. The summed E-state index contributed by atoms with van der Waals surface area (Å²) >= 11 is 0.996. The van der Waals surface area contributed by atoms with Gasteiger partial charge in [-0.15, -0.1) is 0 Å². The van der Waals surface area contributed by atoms with Gasteiger partial charge < -0.3 is 4.74 Å². The van der Waals surface area contributed by atoms with Gasteiger partial charge in [0.25, 0.3) is 0 Å². The molecule has 0 aliphatic carbocycles. The van der Waals surface area contributed by atoms with Gasteiger partial charge in [0.1, 0.15) is 0 Å². The van der Waals surface area contributed by atoms with Crippen molar-refractivity contribution in [1.82, 2.24) is 0 Å². The summed E-state index contributed by atoms with van der Waals surface area (Å²) < 4.78 is 104. The van der Waals surface area contributed by atoms with Gasteiger partial charge in [-0.25, -0.2) is 4.79 Å². The fourth-order valence-corrected chi connectivity index (χ4v) is 0.662. The highest BCUT2D eigenvalue weighted by atomic mass is 79.9. The smallest absolute Gasteiger partial charge is 0.460 e. The monoisotopic (exact) mass is 354 g/mol. The number of ether oxygens (including phenoxy) is 2. The molecule has 0 fully saturated rings. The maximum absolute atomic E-state index is 13.1. The van der Waals surface area contributed by atoms with Crippen molar-refractivity contribution < 1.29 is 49.4 Å². The zero-order valence-electron chi connectivity index (χ0n) is 8.13. The standard InChI is InChI=1S/C6H3BrF8O3/c1-17-2(16)3(8,5(11,12)13)18-6(14,15)4(7,9)10/h1H3/t3-/m1/s1. The summed E-state index contributed by atoms with van der Waals surface area (Å²) in [5.41, 5.74) is 0. The summed E-state index contributed by atoms with van der Waals surface area (Å²) in [6, 6.07) is 0. The van der Waals surface area contributed by atoms with Gasteiger partial charge in [-0.3, -0.25) is 4.74 Å². The maximum Gasteiger partial charge on any atom is 0.460 e. The third-order valence-electron chi connectivity index (χ3n) is 1.41. The molecular weight excluding hydrogens is 352 g/mol. The van der Waals surface area contributed by atoms with Crippen molar-refractivity contribution >= 4 is 21.9 Å². The Morgan fingerprint density at radius 1 is 1.00 bits per heavy atom. The first-order valence-electron chi connectivity index (χ1n) is 3.68. The van der Waals surface area contributed by atoms with E-state index in [9.17, 15) is 39.9 Å². The summed E-state index contributed by atoms with van der Waals surface area (Å²) in [4.78, 5) is 5.11. The van der Waals surface area contributed by atoms with Crippen LogP contribution in [0.4, 0.5) is 35.1 Å². The lowest BCUT2D eigenvalue weighted by molar-refractivity contribution is -0.423. The van der Waals surface area contributed by atoms with Crippen molar-refractivity contribution in [3.63, 3.8) is 0 Å². The first-order valence-corrected chi connectivity index (χ1v) is 4.47. The molecule has 0 rings (SSSR count). The van der Waals surface area contributed by atoms with Gasteiger partial charge in [-0.2, -0.15) is 35.1 Å². The van der Waals surface area contributed by atoms with Gasteiger partial charge in [0.2, 0.25) is 0 Å². The third kappa shape index (κ3) is 3.22. The van der Waals surface area contributed by atoms with Gasteiger partial charge in [-0.05, 0) is 0 Å². The largest absolute Gasteiger partial charge is 0.465 e. The minimum Gasteiger partial charge on any atom is -0.465 e. The van der Waals surface area contributed by atoms with E-state index >= 15 is 0 Å². The van der Waals surface area contributed by atoms with Crippen LogP contribution >= 0.6 is 15.9 Å². The average molecular weight is 355 g/mol. The molecule has 0 aromatic rings. The quantitative estimate of drug-likeness (QED) is 0.442. The molecule has 0 aliphatic heterocycles. The molecule has 108 valence electrons. The van der Waals surface area contributed by atoms with E-state index in [-0.39, 0.29) is 7.11 Å². The van der Waals surface area contributed by atoms with Gasteiger partial charge in [0.15, 0.2) is 0 Å². The van der Waals surface area contributed by atoms with Crippen molar-refractivity contribution in [2.45, 2.75) is 23.0 Å². The highest BCUT2D eigenvalue weighted by Crippen LogP contribution is 2.47. The Hall–Kier alpha value is -0.650. The number of carbonyl (C=O) groups excluding carboxylic acids is 1. The van der Waals surface area contributed by atoms with Crippen molar-refractivity contribution in [2.24, 2.45) is 0 Å². The van der Waals surface area contributed by atoms with Crippen LogP contribution in [0.15, 0.2) is 0 Å². The zero-order chi connectivity index (χ0) is 15.0. The Kier molecular flexibility index (Phi) is 4.62. The van der Waals surface area contributed by atoms with Gasteiger partial charge in [0, 0.05) is 15.9 Å². The summed E-state index contributed by atoms with van der Waals surface area (Å²) in [7, 11) is 0.218. The van der Waals surface area contributed by atoms with E-state index in [2.05, 4.69) is 9.47 Å². The predicted molar refractivity (Wildman–Crippen MR) is 41.8 cm³/mol. The molecule has 0 aromatic heterocycles. The van der Waals surface area contributed by atoms with Gasteiger partial charge in [0.05, 0.1) is 7.11 Å². The number of hydrogen-bond acceptors (Lipinski definition) is 3. The average Bonchev–Trinajstić information content (AvgIpc) is 2.11. The van der Waals surface area contributed by atoms with Crippen molar-refractivity contribution in [2.75, 3.05) is 7.11 Å². The normalized spacial score (nSPS) is 17.2. The molecule has 0 bridgehead atoms. The van der Waals surface area contributed by atoms with E-state index in [0.717, 1.165) is 15.9 Å². The summed E-state index contributed by atoms with van der Waals surface area (Å²) in [6.07, 6.45) is -12.3. The zero-order valence-corrected chi connectivity index (χ0v) is 9.71. The molecule has 0 amide bonds. The number of carbonyl (C=O) groups is 1. The second-order valence-electron chi connectivity index (χ2n) is 2.70. The van der Waals surface area contributed by atoms with E-state index in [1.54, 1.807) is 0 Å². The van der Waals surface area contributed by atoms with Crippen LogP contribution in [0.3, 0.4) is 0 Å². The SMILES string of the molecule is COC(=O)[C@@](F)(OC(F)(F)C(F)(F)Br)C(F)(F)F. The first kappa shape index (κ1) is 17.3. The van der Waals surface area contributed by atoms with Crippen molar-refractivity contribution in [3.05, 3.63) is 0 Å². The Morgan fingerprint density at radius 2 is 1.39 bits per heavy atom. The molecule has 0 saturated carbocycles. The van der Waals surface area contributed by atoms with Crippen molar-refractivity contribution in [3.8, 4) is 0 Å². The molecule has 1 atom stereocenters. The Morgan fingerprint density at radius 3 is 1.61 bits per heavy atom. The lowest BCUT2D eigenvalue weighted by atomic mass is 10.3. The molecule has 0 unspecified atom stereocenters. The van der Waals surface area contributed by atoms with Crippen molar-refractivity contribution in [1.29, 1.82) is 0 Å². The minimum atomic E-state index is -6.35.